The van der Waals surface area contributed by atoms with Crippen LogP contribution < -0.4 is 4.72 Å². The van der Waals surface area contributed by atoms with Crippen LogP contribution in [0.25, 0.3) is 11.5 Å². The molecule has 1 aromatic heterocycles. The minimum absolute atomic E-state index is 0.00885. The topological polar surface area (TPSA) is 111 Å². The van der Waals surface area contributed by atoms with Crippen LogP contribution in [-0.4, -0.2) is 30.6 Å². The van der Waals surface area contributed by atoms with Crippen LogP contribution in [0, 0.1) is 5.92 Å². The van der Waals surface area contributed by atoms with Crippen molar-refractivity contribution in [3.8, 4) is 11.5 Å². The van der Waals surface area contributed by atoms with E-state index in [1.165, 1.54) is 0 Å². The third kappa shape index (κ3) is 6.17. The number of alkyl halides is 3. The minimum atomic E-state index is -4.72. The fourth-order valence-corrected chi connectivity index (χ4v) is 4.14. The van der Waals surface area contributed by atoms with Crippen molar-refractivity contribution in [3.63, 3.8) is 0 Å². The van der Waals surface area contributed by atoms with Crippen LogP contribution >= 0.6 is 0 Å². The third-order valence-corrected chi connectivity index (χ3v) is 5.94. The van der Waals surface area contributed by atoms with Gasteiger partial charge in [-0.2, -0.15) is 17.9 Å². The molecular weight excluding hydrogens is 463 g/mol. The Morgan fingerprint density at radius 3 is 2.42 bits per heavy atom. The van der Waals surface area contributed by atoms with Crippen LogP contribution in [0.1, 0.15) is 25.3 Å². The second-order valence-electron chi connectivity index (χ2n) is 7.34. The zero-order chi connectivity index (χ0) is 24.2. The molecule has 33 heavy (non-hydrogen) atoms. The number of ether oxygens (including phenoxy) is 1. The van der Waals surface area contributed by atoms with E-state index in [1.54, 1.807) is 38.1 Å². The summed E-state index contributed by atoms with van der Waals surface area (Å²) in [6.07, 6.45) is -4.72. The normalized spacial score (nSPS) is 13.2. The Morgan fingerprint density at radius 2 is 1.79 bits per heavy atom. The van der Waals surface area contributed by atoms with Crippen molar-refractivity contribution in [2.24, 2.45) is 5.92 Å². The van der Waals surface area contributed by atoms with Crippen LogP contribution in [0.3, 0.4) is 0 Å². The van der Waals surface area contributed by atoms with Gasteiger partial charge in [-0.25, -0.2) is 8.42 Å². The summed E-state index contributed by atoms with van der Waals surface area (Å²) in [7, 11) is -4.45. The number of nitrogens with one attached hydrogen (secondary N) is 1. The summed E-state index contributed by atoms with van der Waals surface area (Å²) in [4.78, 5) is 11.9. The summed E-state index contributed by atoms with van der Waals surface area (Å²) < 4.78 is 76.8. The smallest absolute Gasteiger partial charge is 0.416 e. The molecule has 1 heterocycles. The molecule has 0 unspecified atom stereocenters. The fraction of sp³-hybridized carbons (Fsp3) is 0.286. The Labute approximate surface area is 187 Å². The van der Waals surface area contributed by atoms with E-state index in [-0.39, 0.29) is 11.8 Å². The van der Waals surface area contributed by atoms with Gasteiger partial charge in [0.05, 0.1) is 10.5 Å². The molecule has 0 bridgehead atoms. The van der Waals surface area contributed by atoms with Gasteiger partial charge in [0.25, 0.3) is 5.89 Å². The second-order valence-corrected chi connectivity index (χ2v) is 9.06. The maximum absolute atomic E-state index is 12.9. The maximum atomic E-state index is 12.9. The van der Waals surface area contributed by atoms with Gasteiger partial charge < -0.3 is 9.15 Å². The fourth-order valence-electron chi connectivity index (χ4n) is 2.76. The molecule has 0 aliphatic carbocycles. The number of carbonyl (C=O) groups excluding carboxylic acids is 1. The molecule has 0 amide bonds. The number of halogens is 3. The molecule has 0 radical (unpaired) electrons. The number of benzene rings is 2. The largest absolute Gasteiger partial charge is 0.454 e. The average molecular weight is 483 g/mol. The van der Waals surface area contributed by atoms with E-state index in [0.717, 1.165) is 18.2 Å². The Hall–Kier alpha value is -3.25. The summed E-state index contributed by atoms with van der Waals surface area (Å²) >= 11 is 0. The quantitative estimate of drug-likeness (QED) is 0.485. The van der Waals surface area contributed by atoms with Gasteiger partial charge >= 0.3 is 12.1 Å². The Balaban J connectivity index is 1.70. The number of hydrogen-bond donors (Lipinski definition) is 1. The molecule has 0 aliphatic heterocycles. The molecule has 0 aliphatic rings. The first-order chi connectivity index (χ1) is 15.5. The lowest BCUT2D eigenvalue weighted by Crippen LogP contribution is -2.45. The van der Waals surface area contributed by atoms with Crippen molar-refractivity contribution < 1.29 is 35.5 Å². The lowest BCUT2D eigenvalue weighted by Gasteiger charge is -2.20. The number of rotatable bonds is 8. The molecule has 2 aromatic carbocycles. The van der Waals surface area contributed by atoms with E-state index >= 15 is 0 Å². The summed E-state index contributed by atoms with van der Waals surface area (Å²) in [6, 6.07) is 10.7. The summed E-state index contributed by atoms with van der Waals surface area (Å²) in [5, 5.41) is 7.64. The highest BCUT2D eigenvalue weighted by atomic mass is 32.2. The Morgan fingerprint density at radius 1 is 1.09 bits per heavy atom. The summed E-state index contributed by atoms with van der Waals surface area (Å²) in [6.45, 7) is 2.70. The molecule has 8 nitrogen and oxygen atoms in total. The third-order valence-electron chi connectivity index (χ3n) is 4.50. The molecule has 1 N–H and O–H groups in total. The highest BCUT2D eigenvalue weighted by molar-refractivity contribution is 7.89. The number of carbonyl (C=O) groups is 1. The number of sulfonamides is 1. The van der Waals surface area contributed by atoms with Crippen LogP contribution in [0.4, 0.5) is 13.2 Å². The molecule has 176 valence electrons. The predicted molar refractivity (Wildman–Crippen MR) is 110 cm³/mol. The highest BCUT2D eigenvalue weighted by Gasteiger charge is 2.34. The Kier molecular flexibility index (Phi) is 7.18. The highest BCUT2D eigenvalue weighted by Crippen LogP contribution is 2.30. The van der Waals surface area contributed by atoms with Crippen molar-refractivity contribution in [1.82, 2.24) is 14.9 Å². The average Bonchev–Trinajstić information content (AvgIpc) is 3.25. The van der Waals surface area contributed by atoms with Crippen LogP contribution in [-0.2, 0) is 32.3 Å². The van der Waals surface area contributed by atoms with Gasteiger partial charge in [-0.05, 0) is 36.2 Å². The molecular formula is C21H20F3N3O5S. The molecule has 0 saturated carbocycles. The molecule has 3 aromatic rings. The van der Waals surface area contributed by atoms with Gasteiger partial charge in [-0.3, -0.25) is 4.79 Å². The molecule has 1 atom stereocenters. The molecule has 3 rings (SSSR count). The first-order valence-electron chi connectivity index (χ1n) is 9.71. The zero-order valence-corrected chi connectivity index (χ0v) is 18.4. The zero-order valence-electron chi connectivity index (χ0n) is 17.5. The van der Waals surface area contributed by atoms with Crippen LogP contribution in [0.15, 0.2) is 63.9 Å². The molecule has 12 heteroatoms. The van der Waals surface area contributed by atoms with Crippen molar-refractivity contribution >= 4 is 16.0 Å². The number of hydrogen-bond acceptors (Lipinski definition) is 7. The lowest BCUT2D eigenvalue weighted by molar-refractivity contribution is -0.148. The first-order valence-corrected chi connectivity index (χ1v) is 11.2. The van der Waals surface area contributed by atoms with Crippen molar-refractivity contribution in [3.05, 3.63) is 66.1 Å². The van der Waals surface area contributed by atoms with Gasteiger partial charge in [0.1, 0.15) is 6.04 Å². The monoisotopic (exact) mass is 483 g/mol. The van der Waals surface area contributed by atoms with Gasteiger partial charge in [0.2, 0.25) is 15.9 Å². The SMILES string of the molecule is CC(C)[C@H](NS(=O)(=O)c1cccc(C(F)(F)F)c1)C(=O)OCc1nnc(-c2ccccc2)o1. The Bertz CT molecular complexity index is 1210. The van der Waals surface area contributed by atoms with E-state index in [0.29, 0.717) is 11.6 Å². The van der Waals surface area contributed by atoms with Gasteiger partial charge in [0, 0.05) is 5.56 Å². The second kappa shape index (κ2) is 9.71. The van der Waals surface area contributed by atoms with Gasteiger partial charge in [0.15, 0.2) is 6.61 Å². The first kappa shape index (κ1) is 24.4. The number of nitrogens with zero attached hydrogens (tertiary/aromatic N) is 2. The number of esters is 1. The molecule has 0 spiro atoms. The number of aromatic nitrogens is 2. The summed E-state index contributed by atoms with van der Waals surface area (Å²) in [5.74, 6) is -1.31. The van der Waals surface area contributed by atoms with Gasteiger partial charge in [-0.15, -0.1) is 10.2 Å². The lowest BCUT2D eigenvalue weighted by atomic mass is 10.1. The van der Waals surface area contributed by atoms with E-state index in [9.17, 15) is 26.4 Å². The van der Waals surface area contributed by atoms with E-state index in [4.69, 9.17) is 9.15 Å². The van der Waals surface area contributed by atoms with Crippen molar-refractivity contribution in [2.45, 2.75) is 37.6 Å². The van der Waals surface area contributed by atoms with Crippen LogP contribution in [0.2, 0.25) is 0 Å². The standard InChI is InChI=1S/C21H20F3N3O5S/c1-13(2)18(27-33(29,30)16-10-6-9-15(11-16)21(22,23)24)20(28)31-12-17-25-26-19(32-17)14-7-4-3-5-8-14/h3-11,13,18,27H,12H2,1-2H3/t18-/m0/s1. The van der Waals surface area contributed by atoms with E-state index < -0.39 is 51.2 Å². The summed E-state index contributed by atoms with van der Waals surface area (Å²) in [5.41, 5.74) is -0.462. The van der Waals surface area contributed by atoms with E-state index in [2.05, 4.69) is 14.9 Å². The van der Waals surface area contributed by atoms with Crippen molar-refractivity contribution in [2.75, 3.05) is 0 Å². The predicted octanol–water partition coefficient (Wildman–Crippen LogP) is 3.80. The van der Waals surface area contributed by atoms with E-state index in [1.807, 2.05) is 6.07 Å². The molecule has 0 saturated heterocycles. The minimum Gasteiger partial charge on any atom is -0.454 e. The molecule has 0 fully saturated rings. The maximum Gasteiger partial charge on any atom is 0.416 e. The van der Waals surface area contributed by atoms with Crippen molar-refractivity contribution in [1.29, 1.82) is 0 Å². The van der Waals surface area contributed by atoms with Gasteiger partial charge in [-0.1, -0.05) is 38.1 Å². The van der Waals surface area contributed by atoms with Crippen LogP contribution in [0.5, 0.6) is 0 Å².